The van der Waals surface area contributed by atoms with Gasteiger partial charge in [-0.1, -0.05) is 47.1 Å². The van der Waals surface area contributed by atoms with Gasteiger partial charge in [-0.3, -0.25) is 9.69 Å². The number of aromatic nitrogens is 1. The molecule has 8 heteroatoms. The third-order valence-corrected chi connectivity index (χ3v) is 7.49. The average molecular weight is 543 g/mol. The predicted octanol–water partition coefficient (Wildman–Crippen LogP) is 6.44. The van der Waals surface area contributed by atoms with Crippen molar-refractivity contribution in [1.82, 2.24) is 10.1 Å². The standard InChI is InChI=1S/C31H27ClN2O5/c1-18-29(19(2)39-33-18)31(36)28-16-22-15-21(9-12-26(22)38-28)25(35)17-34-13-14-37-27-6-4-3-5-24(27)30(34)20-7-10-23(32)11-8-20/h3-12,15-16,30-31,36H,13-14,17H2,1-2H3. The molecule has 39 heavy (non-hydrogen) atoms. The number of benzene rings is 3. The Bertz CT molecular complexity index is 1640. The Morgan fingerprint density at radius 3 is 2.67 bits per heavy atom. The van der Waals surface area contributed by atoms with E-state index in [9.17, 15) is 9.90 Å². The van der Waals surface area contributed by atoms with E-state index in [1.54, 1.807) is 32.0 Å². The van der Waals surface area contributed by atoms with Crippen LogP contribution in [0.3, 0.4) is 0 Å². The lowest BCUT2D eigenvalue weighted by Gasteiger charge is -2.30. The molecule has 0 spiro atoms. The van der Waals surface area contributed by atoms with E-state index < -0.39 is 6.10 Å². The quantitative estimate of drug-likeness (QED) is 0.247. The van der Waals surface area contributed by atoms with E-state index in [1.165, 1.54) is 0 Å². The molecule has 0 radical (unpaired) electrons. The van der Waals surface area contributed by atoms with E-state index in [0.29, 0.717) is 52.1 Å². The lowest BCUT2D eigenvalue weighted by Crippen LogP contribution is -2.35. The summed E-state index contributed by atoms with van der Waals surface area (Å²) in [6.45, 7) is 4.77. The molecule has 1 N–H and O–H groups in total. The molecule has 0 amide bonds. The number of halogens is 1. The molecule has 0 fully saturated rings. The fraction of sp³-hybridized carbons (Fsp3) is 0.226. The second kappa shape index (κ2) is 10.3. The summed E-state index contributed by atoms with van der Waals surface area (Å²) in [6.07, 6.45) is -1.01. The maximum atomic E-state index is 13.6. The van der Waals surface area contributed by atoms with Gasteiger partial charge in [-0.05, 0) is 61.9 Å². The number of carbonyl (C=O) groups is 1. The van der Waals surface area contributed by atoms with Crippen molar-refractivity contribution < 1.29 is 23.6 Å². The molecule has 0 bridgehead atoms. The number of aryl methyl sites for hydroxylation is 2. The molecule has 2 unspecified atom stereocenters. The second-order valence-corrected chi connectivity index (χ2v) is 10.2. The average Bonchev–Trinajstić information content (AvgIpc) is 3.46. The molecule has 2 atom stereocenters. The van der Waals surface area contributed by atoms with Crippen LogP contribution in [0.2, 0.25) is 5.02 Å². The van der Waals surface area contributed by atoms with Gasteiger partial charge >= 0.3 is 0 Å². The Balaban J connectivity index is 1.30. The van der Waals surface area contributed by atoms with Crippen LogP contribution in [-0.2, 0) is 0 Å². The summed E-state index contributed by atoms with van der Waals surface area (Å²) in [5.41, 5.74) is 4.39. The van der Waals surface area contributed by atoms with Crippen molar-refractivity contribution in [2.75, 3.05) is 19.7 Å². The van der Waals surface area contributed by atoms with Gasteiger partial charge in [0.2, 0.25) is 0 Å². The van der Waals surface area contributed by atoms with E-state index >= 15 is 0 Å². The number of aliphatic hydroxyl groups excluding tert-OH is 1. The minimum Gasteiger partial charge on any atom is -0.492 e. The lowest BCUT2D eigenvalue weighted by atomic mass is 9.95. The summed E-state index contributed by atoms with van der Waals surface area (Å²) in [5.74, 6) is 1.70. The predicted molar refractivity (Wildman–Crippen MR) is 147 cm³/mol. The Labute approximate surface area is 230 Å². The zero-order valence-corrected chi connectivity index (χ0v) is 22.3. The van der Waals surface area contributed by atoms with Gasteiger partial charge in [-0.15, -0.1) is 0 Å². The van der Waals surface area contributed by atoms with Gasteiger partial charge in [0, 0.05) is 28.1 Å². The highest BCUT2D eigenvalue weighted by Gasteiger charge is 2.30. The highest BCUT2D eigenvalue weighted by molar-refractivity contribution is 6.30. The Morgan fingerprint density at radius 1 is 1.10 bits per heavy atom. The zero-order valence-electron chi connectivity index (χ0n) is 21.6. The van der Waals surface area contributed by atoms with Crippen LogP contribution in [0.15, 0.2) is 81.7 Å². The summed E-state index contributed by atoms with van der Waals surface area (Å²) >= 11 is 6.17. The topological polar surface area (TPSA) is 88.9 Å². The molecule has 0 aliphatic carbocycles. The first-order chi connectivity index (χ1) is 18.9. The Hall–Kier alpha value is -3.91. The number of rotatable bonds is 6. The smallest absolute Gasteiger partial charge is 0.176 e. The number of para-hydroxylation sites is 1. The van der Waals surface area contributed by atoms with Crippen molar-refractivity contribution >= 4 is 28.4 Å². The molecular formula is C31H27ClN2O5. The summed E-state index contributed by atoms with van der Waals surface area (Å²) in [4.78, 5) is 15.8. The van der Waals surface area contributed by atoms with Gasteiger partial charge in [-0.2, -0.15) is 0 Å². The molecule has 0 saturated heterocycles. The number of ether oxygens (including phenoxy) is 1. The van der Waals surface area contributed by atoms with Gasteiger partial charge < -0.3 is 18.8 Å². The monoisotopic (exact) mass is 542 g/mol. The van der Waals surface area contributed by atoms with Gasteiger partial charge in [0.15, 0.2) is 5.78 Å². The van der Waals surface area contributed by atoms with Crippen molar-refractivity contribution in [3.63, 3.8) is 0 Å². The van der Waals surface area contributed by atoms with Crippen molar-refractivity contribution in [3.8, 4) is 5.75 Å². The van der Waals surface area contributed by atoms with Crippen LogP contribution in [0, 0.1) is 13.8 Å². The highest BCUT2D eigenvalue weighted by atomic mass is 35.5. The largest absolute Gasteiger partial charge is 0.492 e. The summed E-state index contributed by atoms with van der Waals surface area (Å²) < 4.78 is 17.2. The number of hydrogen-bond donors (Lipinski definition) is 1. The molecule has 1 aliphatic heterocycles. The number of ketones is 1. The van der Waals surface area contributed by atoms with Crippen LogP contribution < -0.4 is 4.74 Å². The summed E-state index contributed by atoms with van der Waals surface area (Å²) in [5, 5.41) is 16.2. The Kier molecular flexibility index (Phi) is 6.73. The van der Waals surface area contributed by atoms with Crippen LogP contribution in [0.5, 0.6) is 5.75 Å². The van der Waals surface area contributed by atoms with Crippen molar-refractivity contribution in [2.45, 2.75) is 26.0 Å². The molecule has 1 aliphatic rings. The normalized spacial score (nSPS) is 16.5. The fourth-order valence-corrected chi connectivity index (χ4v) is 5.44. The number of carbonyl (C=O) groups excluding carboxylic acids is 1. The van der Waals surface area contributed by atoms with Gasteiger partial charge in [-0.25, -0.2) is 0 Å². The molecule has 0 saturated carbocycles. The first-order valence-electron chi connectivity index (χ1n) is 12.8. The van der Waals surface area contributed by atoms with Crippen LogP contribution in [0.1, 0.15) is 56.4 Å². The van der Waals surface area contributed by atoms with Gasteiger partial charge in [0.05, 0.1) is 23.8 Å². The molecule has 2 aromatic heterocycles. The van der Waals surface area contributed by atoms with E-state index in [2.05, 4.69) is 10.1 Å². The molecule has 5 aromatic rings. The van der Waals surface area contributed by atoms with E-state index in [-0.39, 0.29) is 18.4 Å². The maximum Gasteiger partial charge on any atom is 0.176 e. The third-order valence-electron chi connectivity index (χ3n) is 7.24. The van der Waals surface area contributed by atoms with Crippen molar-refractivity contribution in [3.05, 3.63) is 117 Å². The molecule has 3 heterocycles. The van der Waals surface area contributed by atoms with Crippen molar-refractivity contribution in [1.29, 1.82) is 0 Å². The number of nitrogens with zero attached hydrogens (tertiary/aromatic N) is 2. The Morgan fingerprint density at radius 2 is 1.90 bits per heavy atom. The maximum absolute atomic E-state index is 13.6. The van der Waals surface area contributed by atoms with Crippen LogP contribution in [-0.4, -0.2) is 40.6 Å². The highest BCUT2D eigenvalue weighted by Crippen LogP contribution is 2.37. The van der Waals surface area contributed by atoms with Gasteiger partial charge in [0.25, 0.3) is 0 Å². The number of Topliss-reactive ketones (excluding diaryl/α,β-unsaturated/α-hetero) is 1. The fourth-order valence-electron chi connectivity index (χ4n) is 5.31. The van der Waals surface area contributed by atoms with E-state index in [1.807, 2.05) is 54.6 Å². The summed E-state index contributed by atoms with van der Waals surface area (Å²) in [7, 11) is 0. The third kappa shape index (κ3) is 4.85. The number of furan rings is 1. The first-order valence-corrected chi connectivity index (χ1v) is 13.2. The summed E-state index contributed by atoms with van der Waals surface area (Å²) in [6, 6.07) is 22.6. The van der Waals surface area contributed by atoms with E-state index in [4.69, 9.17) is 25.3 Å². The minimum atomic E-state index is -1.01. The number of hydrogen-bond acceptors (Lipinski definition) is 7. The van der Waals surface area contributed by atoms with E-state index in [0.717, 1.165) is 22.3 Å². The first kappa shape index (κ1) is 25.4. The second-order valence-electron chi connectivity index (χ2n) is 9.78. The molecule has 198 valence electrons. The molecular weight excluding hydrogens is 516 g/mol. The van der Waals surface area contributed by atoms with Crippen LogP contribution in [0.4, 0.5) is 0 Å². The molecule has 7 nitrogen and oxygen atoms in total. The number of aliphatic hydroxyl groups is 1. The van der Waals surface area contributed by atoms with Crippen LogP contribution >= 0.6 is 11.6 Å². The molecule has 3 aromatic carbocycles. The van der Waals surface area contributed by atoms with Crippen LogP contribution in [0.25, 0.3) is 11.0 Å². The minimum absolute atomic E-state index is 0.0238. The molecule has 6 rings (SSSR count). The zero-order chi connectivity index (χ0) is 27.1. The van der Waals surface area contributed by atoms with Gasteiger partial charge in [0.1, 0.15) is 35.6 Å². The lowest BCUT2D eigenvalue weighted by molar-refractivity contribution is 0.0902. The SMILES string of the molecule is Cc1noc(C)c1C(O)c1cc2cc(C(=O)CN3CCOc4ccccc4C3c3ccc(Cl)cc3)ccc2o1. The van der Waals surface area contributed by atoms with Crippen molar-refractivity contribution in [2.24, 2.45) is 0 Å². The number of fused-ring (bicyclic) bond motifs is 2.